The lowest BCUT2D eigenvalue weighted by Gasteiger charge is -2.14. The highest BCUT2D eigenvalue weighted by Gasteiger charge is 2.43. The van der Waals surface area contributed by atoms with Crippen LogP contribution in [0.1, 0.15) is 79.1 Å². The first-order valence-corrected chi connectivity index (χ1v) is 8.76. The highest BCUT2D eigenvalue weighted by Crippen LogP contribution is 2.50. The molecule has 0 aromatic rings. The Balaban J connectivity index is 1.99. The van der Waals surface area contributed by atoms with Crippen LogP contribution in [0, 0.1) is 29.6 Å². The zero-order valence-electron chi connectivity index (χ0n) is 13.8. The summed E-state index contributed by atoms with van der Waals surface area (Å²) in [6, 6.07) is 0. The van der Waals surface area contributed by atoms with Crippen LogP contribution < -0.4 is 5.73 Å². The zero-order chi connectivity index (χ0) is 14.3. The maximum Gasteiger partial charge on any atom is -0.00746 e. The van der Waals surface area contributed by atoms with E-state index < -0.39 is 0 Å². The van der Waals surface area contributed by atoms with E-state index in [1.807, 2.05) is 0 Å². The van der Waals surface area contributed by atoms with Gasteiger partial charge in [0.15, 0.2) is 0 Å². The zero-order valence-corrected chi connectivity index (χ0v) is 13.8. The predicted molar refractivity (Wildman–Crippen MR) is 86.1 cm³/mol. The summed E-state index contributed by atoms with van der Waals surface area (Å²) in [5, 5.41) is 0. The fourth-order valence-electron chi connectivity index (χ4n) is 3.61. The summed E-state index contributed by atoms with van der Waals surface area (Å²) in [4.78, 5) is 0. The third-order valence-electron chi connectivity index (χ3n) is 5.17. The first-order valence-electron chi connectivity index (χ1n) is 8.76. The number of hydrogen-bond donors (Lipinski definition) is 1. The first-order chi connectivity index (χ1) is 9.06. The minimum Gasteiger partial charge on any atom is -0.330 e. The molecule has 0 amide bonds. The van der Waals surface area contributed by atoms with Crippen molar-refractivity contribution < 1.29 is 0 Å². The van der Waals surface area contributed by atoms with Gasteiger partial charge in [-0.3, -0.25) is 0 Å². The lowest BCUT2D eigenvalue weighted by molar-refractivity contribution is 0.367. The molecule has 0 aliphatic heterocycles. The van der Waals surface area contributed by atoms with E-state index in [9.17, 15) is 0 Å². The molecule has 1 saturated carbocycles. The van der Waals surface area contributed by atoms with Crippen molar-refractivity contribution in [2.75, 3.05) is 6.54 Å². The average molecular weight is 268 g/mol. The fourth-order valence-corrected chi connectivity index (χ4v) is 3.61. The van der Waals surface area contributed by atoms with E-state index >= 15 is 0 Å². The van der Waals surface area contributed by atoms with Crippen molar-refractivity contribution in [2.45, 2.75) is 79.1 Å². The smallest absolute Gasteiger partial charge is 0.00746 e. The SMILES string of the molecule is CC(C)CCCCCCC(C)C1CC1C(C)CCN. The molecule has 1 aliphatic rings. The molecule has 1 nitrogen and oxygen atoms in total. The molecule has 114 valence electrons. The van der Waals surface area contributed by atoms with E-state index in [1.165, 1.54) is 51.4 Å². The average Bonchev–Trinajstić information content (AvgIpc) is 3.13. The Morgan fingerprint density at radius 1 is 0.789 bits per heavy atom. The van der Waals surface area contributed by atoms with E-state index in [0.717, 1.165) is 36.1 Å². The molecule has 1 heteroatoms. The predicted octanol–water partition coefficient (Wildman–Crippen LogP) is 5.24. The quantitative estimate of drug-likeness (QED) is 0.509. The van der Waals surface area contributed by atoms with Crippen LogP contribution in [0.25, 0.3) is 0 Å². The van der Waals surface area contributed by atoms with E-state index in [0.29, 0.717) is 0 Å². The first kappa shape index (κ1) is 17.0. The Bertz CT molecular complexity index is 224. The summed E-state index contributed by atoms with van der Waals surface area (Å²) in [7, 11) is 0. The summed E-state index contributed by atoms with van der Waals surface area (Å²) in [6.07, 6.45) is 11.4. The molecule has 2 N–H and O–H groups in total. The van der Waals surface area contributed by atoms with Gasteiger partial charge in [-0.15, -0.1) is 0 Å². The third-order valence-corrected chi connectivity index (χ3v) is 5.17. The Morgan fingerprint density at radius 3 is 1.84 bits per heavy atom. The highest BCUT2D eigenvalue weighted by molar-refractivity contribution is 4.92. The van der Waals surface area contributed by atoms with Crippen molar-refractivity contribution in [3.8, 4) is 0 Å². The Kier molecular flexibility index (Phi) is 8.06. The lowest BCUT2D eigenvalue weighted by Crippen LogP contribution is -2.10. The van der Waals surface area contributed by atoms with E-state index in [-0.39, 0.29) is 0 Å². The molecule has 0 aromatic heterocycles. The molecule has 1 aliphatic carbocycles. The van der Waals surface area contributed by atoms with Crippen LogP contribution in [0.4, 0.5) is 0 Å². The summed E-state index contributed by atoms with van der Waals surface area (Å²) in [5.41, 5.74) is 5.66. The van der Waals surface area contributed by atoms with Crippen molar-refractivity contribution in [1.82, 2.24) is 0 Å². The van der Waals surface area contributed by atoms with Crippen LogP contribution in [0.15, 0.2) is 0 Å². The maximum atomic E-state index is 5.66. The molecule has 0 spiro atoms. The molecule has 0 heterocycles. The van der Waals surface area contributed by atoms with Gasteiger partial charge in [-0.2, -0.15) is 0 Å². The third kappa shape index (κ3) is 6.79. The van der Waals surface area contributed by atoms with Gasteiger partial charge in [0.25, 0.3) is 0 Å². The lowest BCUT2D eigenvalue weighted by atomic mass is 9.92. The molecule has 1 fully saturated rings. The molecule has 1 rings (SSSR count). The maximum absolute atomic E-state index is 5.66. The molecular formula is C18H37N. The van der Waals surface area contributed by atoms with Crippen molar-refractivity contribution in [3.63, 3.8) is 0 Å². The molecule has 19 heavy (non-hydrogen) atoms. The molecule has 4 unspecified atom stereocenters. The van der Waals surface area contributed by atoms with Gasteiger partial charge in [-0.05, 0) is 49.0 Å². The van der Waals surface area contributed by atoms with Crippen LogP contribution in [0.5, 0.6) is 0 Å². The molecular weight excluding hydrogens is 230 g/mol. The highest BCUT2D eigenvalue weighted by atomic mass is 14.5. The Hall–Kier alpha value is -0.0400. The van der Waals surface area contributed by atoms with Gasteiger partial charge in [0, 0.05) is 0 Å². The number of rotatable bonds is 11. The molecule has 0 radical (unpaired) electrons. The monoisotopic (exact) mass is 267 g/mol. The summed E-state index contributed by atoms with van der Waals surface area (Å²) in [6.45, 7) is 10.4. The topological polar surface area (TPSA) is 26.0 Å². The van der Waals surface area contributed by atoms with Gasteiger partial charge in [0.1, 0.15) is 0 Å². The van der Waals surface area contributed by atoms with Crippen LogP contribution in [0.2, 0.25) is 0 Å². The van der Waals surface area contributed by atoms with Crippen LogP contribution in [-0.2, 0) is 0 Å². The van der Waals surface area contributed by atoms with E-state index in [1.54, 1.807) is 0 Å². The van der Waals surface area contributed by atoms with Crippen LogP contribution in [-0.4, -0.2) is 6.54 Å². The molecule has 4 atom stereocenters. The standard InChI is InChI=1S/C18H37N/c1-14(2)9-7-5-6-8-10-15(3)17-13-18(17)16(4)11-12-19/h14-18H,5-13,19H2,1-4H3. The van der Waals surface area contributed by atoms with E-state index in [4.69, 9.17) is 5.73 Å². The largest absolute Gasteiger partial charge is 0.330 e. The Labute approximate surface area is 121 Å². The van der Waals surface area contributed by atoms with E-state index in [2.05, 4.69) is 27.7 Å². The number of hydrogen-bond acceptors (Lipinski definition) is 1. The minimum atomic E-state index is 0.864. The minimum absolute atomic E-state index is 0.864. The summed E-state index contributed by atoms with van der Waals surface area (Å²) < 4.78 is 0. The molecule has 0 saturated heterocycles. The van der Waals surface area contributed by atoms with Gasteiger partial charge >= 0.3 is 0 Å². The fraction of sp³-hybridized carbons (Fsp3) is 1.00. The van der Waals surface area contributed by atoms with Crippen molar-refractivity contribution in [1.29, 1.82) is 0 Å². The second kappa shape index (κ2) is 9.00. The van der Waals surface area contributed by atoms with Crippen molar-refractivity contribution in [3.05, 3.63) is 0 Å². The van der Waals surface area contributed by atoms with Gasteiger partial charge < -0.3 is 5.73 Å². The van der Waals surface area contributed by atoms with Gasteiger partial charge in [-0.1, -0.05) is 66.2 Å². The Morgan fingerprint density at radius 2 is 1.32 bits per heavy atom. The van der Waals surface area contributed by atoms with Crippen LogP contribution >= 0.6 is 0 Å². The van der Waals surface area contributed by atoms with Crippen LogP contribution in [0.3, 0.4) is 0 Å². The van der Waals surface area contributed by atoms with Gasteiger partial charge in [0.2, 0.25) is 0 Å². The molecule has 0 bridgehead atoms. The van der Waals surface area contributed by atoms with Gasteiger partial charge in [0.05, 0.1) is 0 Å². The summed E-state index contributed by atoms with van der Waals surface area (Å²) >= 11 is 0. The van der Waals surface area contributed by atoms with Gasteiger partial charge in [-0.25, -0.2) is 0 Å². The normalized spacial score (nSPS) is 25.6. The number of unbranched alkanes of at least 4 members (excludes halogenated alkanes) is 3. The second-order valence-corrected chi connectivity index (χ2v) is 7.48. The summed E-state index contributed by atoms with van der Waals surface area (Å²) in [5.74, 6) is 4.73. The second-order valence-electron chi connectivity index (χ2n) is 7.48. The van der Waals surface area contributed by atoms with Crippen molar-refractivity contribution in [2.24, 2.45) is 35.3 Å². The molecule has 0 aromatic carbocycles. The number of nitrogens with two attached hydrogens (primary N) is 1. The van der Waals surface area contributed by atoms with Crippen molar-refractivity contribution >= 4 is 0 Å².